The molecule has 0 aromatic rings. The standard InChI is InChI=1S/C15H24N2O2/c16-1-2-17-13(8-19-15(17)18)14-11-4-9-3-10(6-11)7-12(14)5-9/h9-14H,1-8,16H2. The molecule has 1 unspecified atom stereocenters. The summed E-state index contributed by atoms with van der Waals surface area (Å²) in [6.45, 7) is 1.80. The first-order valence-electron chi connectivity index (χ1n) is 7.89. The fourth-order valence-electron chi connectivity index (χ4n) is 5.78. The monoisotopic (exact) mass is 264 g/mol. The molecular formula is C15H24N2O2. The van der Waals surface area contributed by atoms with E-state index >= 15 is 0 Å². The lowest BCUT2D eigenvalue weighted by Gasteiger charge is -2.56. The van der Waals surface area contributed by atoms with Crippen molar-refractivity contribution in [1.82, 2.24) is 4.90 Å². The molecule has 19 heavy (non-hydrogen) atoms. The quantitative estimate of drug-likeness (QED) is 0.846. The smallest absolute Gasteiger partial charge is 0.410 e. The zero-order valence-corrected chi connectivity index (χ0v) is 11.5. The van der Waals surface area contributed by atoms with Crippen LogP contribution >= 0.6 is 0 Å². The molecule has 1 aliphatic heterocycles. The van der Waals surface area contributed by atoms with E-state index in [0.717, 1.165) is 23.7 Å². The molecule has 1 saturated heterocycles. The Morgan fingerprint density at radius 2 is 1.74 bits per heavy atom. The molecule has 4 nitrogen and oxygen atoms in total. The molecule has 4 aliphatic carbocycles. The number of ether oxygens (including phenoxy) is 1. The van der Waals surface area contributed by atoms with Gasteiger partial charge in [-0.2, -0.15) is 0 Å². The minimum atomic E-state index is -0.135. The summed E-state index contributed by atoms with van der Waals surface area (Å²) in [4.78, 5) is 13.8. The van der Waals surface area contributed by atoms with Crippen LogP contribution in [0.2, 0.25) is 0 Å². The average Bonchev–Trinajstić information content (AvgIpc) is 2.71. The van der Waals surface area contributed by atoms with E-state index < -0.39 is 0 Å². The molecule has 2 N–H and O–H groups in total. The number of carbonyl (C=O) groups is 1. The molecule has 1 heterocycles. The van der Waals surface area contributed by atoms with Crippen molar-refractivity contribution < 1.29 is 9.53 Å². The summed E-state index contributed by atoms with van der Waals surface area (Å²) in [6, 6.07) is 0.311. The lowest BCUT2D eigenvalue weighted by Crippen LogP contribution is -2.54. The van der Waals surface area contributed by atoms with E-state index in [1.165, 1.54) is 32.1 Å². The normalized spacial score (nSPS) is 47.8. The maximum Gasteiger partial charge on any atom is 0.410 e. The number of hydrogen-bond donors (Lipinski definition) is 1. The Kier molecular flexibility index (Phi) is 2.76. The van der Waals surface area contributed by atoms with Crippen LogP contribution in [0, 0.1) is 29.6 Å². The van der Waals surface area contributed by atoms with Gasteiger partial charge < -0.3 is 15.4 Å². The van der Waals surface area contributed by atoms with Gasteiger partial charge in [0.15, 0.2) is 0 Å². The van der Waals surface area contributed by atoms with E-state index in [1.807, 2.05) is 4.90 Å². The third-order valence-corrected chi connectivity index (χ3v) is 6.13. The molecule has 106 valence electrons. The first-order valence-corrected chi connectivity index (χ1v) is 7.89. The second-order valence-electron chi connectivity index (χ2n) is 7.13. The fourth-order valence-corrected chi connectivity index (χ4v) is 5.78. The molecule has 4 heteroatoms. The van der Waals surface area contributed by atoms with Crippen molar-refractivity contribution in [3.63, 3.8) is 0 Å². The number of carbonyl (C=O) groups excluding carboxylic acids is 1. The number of amides is 1. The van der Waals surface area contributed by atoms with Gasteiger partial charge in [-0.1, -0.05) is 0 Å². The average molecular weight is 264 g/mol. The predicted octanol–water partition coefficient (Wildman–Crippen LogP) is 1.84. The van der Waals surface area contributed by atoms with E-state index in [1.54, 1.807) is 0 Å². The Morgan fingerprint density at radius 3 is 2.32 bits per heavy atom. The summed E-state index contributed by atoms with van der Waals surface area (Å²) in [7, 11) is 0. The Morgan fingerprint density at radius 1 is 1.11 bits per heavy atom. The highest BCUT2D eigenvalue weighted by Gasteiger charge is 2.53. The first-order chi connectivity index (χ1) is 9.26. The van der Waals surface area contributed by atoms with Gasteiger partial charge in [-0.25, -0.2) is 4.79 Å². The van der Waals surface area contributed by atoms with Crippen LogP contribution in [0.25, 0.3) is 0 Å². The number of nitrogens with two attached hydrogens (primary N) is 1. The van der Waals surface area contributed by atoms with E-state index in [4.69, 9.17) is 10.5 Å². The van der Waals surface area contributed by atoms with E-state index in [9.17, 15) is 4.79 Å². The maximum absolute atomic E-state index is 11.9. The Hall–Kier alpha value is -0.770. The van der Waals surface area contributed by atoms with Crippen LogP contribution in [0.3, 0.4) is 0 Å². The van der Waals surface area contributed by atoms with E-state index in [2.05, 4.69) is 0 Å². The molecule has 5 fully saturated rings. The fraction of sp³-hybridized carbons (Fsp3) is 0.933. The topological polar surface area (TPSA) is 55.6 Å². The Labute approximate surface area is 114 Å². The minimum Gasteiger partial charge on any atom is -0.447 e. The van der Waals surface area contributed by atoms with Gasteiger partial charge in [-0.05, 0) is 61.7 Å². The molecule has 1 atom stereocenters. The van der Waals surface area contributed by atoms with Crippen molar-refractivity contribution in [2.75, 3.05) is 19.7 Å². The van der Waals surface area contributed by atoms with Gasteiger partial charge in [0.25, 0.3) is 0 Å². The summed E-state index contributed by atoms with van der Waals surface area (Å²) >= 11 is 0. The maximum atomic E-state index is 11.9. The van der Waals surface area contributed by atoms with Gasteiger partial charge >= 0.3 is 6.09 Å². The van der Waals surface area contributed by atoms with Gasteiger partial charge in [-0.15, -0.1) is 0 Å². The van der Waals surface area contributed by atoms with Crippen LogP contribution in [0.5, 0.6) is 0 Å². The van der Waals surface area contributed by atoms with Gasteiger partial charge in [0.1, 0.15) is 6.61 Å². The lowest BCUT2D eigenvalue weighted by atomic mass is 9.50. The predicted molar refractivity (Wildman–Crippen MR) is 71.4 cm³/mol. The Balaban J connectivity index is 1.57. The van der Waals surface area contributed by atoms with E-state index in [0.29, 0.717) is 31.7 Å². The number of nitrogens with zero attached hydrogens (tertiary/aromatic N) is 1. The number of cyclic esters (lactones) is 1. The SMILES string of the molecule is NCCN1C(=O)OCC1C1C2CC3CC(C2)CC1C3. The second kappa shape index (κ2) is 4.37. The van der Waals surface area contributed by atoms with Crippen molar-refractivity contribution in [3.05, 3.63) is 0 Å². The number of hydrogen-bond acceptors (Lipinski definition) is 3. The van der Waals surface area contributed by atoms with Crippen molar-refractivity contribution in [1.29, 1.82) is 0 Å². The molecule has 5 aliphatic rings. The molecule has 0 spiro atoms. The third-order valence-electron chi connectivity index (χ3n) is 6.13. The van der Waals surface area contributed by atoms with Crippen LogP contribution in [0.4, 0.5) is 4.79 Å². The van der Waals surface area contributed by atoms with Crippen LogP contribution in [0.1, 0.15) is 32.1 Å². The van der Waals surface area contributed by atoms with Crippen molar-refractivity contribution in [3.8, 4) is 0 Å². The molecule has 0 aromatic heterocycles. The van der Waals surface area contributed by atoms with Crippen LogP contribution < -0.4 is 5.73 Å². The van der Waals surface area contributed by atoms with E-state index in [-0.39, 0.29) is 6.09 Å². The zero-order valence-electron chi connectivity index (χ0n) is 11.5. The van der Waals surface area contributed by atoms with Crippen LogP contribution in [-0.2, 0) is 4.74 Å². The Bertz CT molecular complexity index is 356. The largest absolute Gasteiger partial charge is 0.447 e. The van der Waals surface area contributed by atoms with Crippen LogP contribution in [-0.4, -0.2) is 36.7 Å². The summed E-state index contributed by atoms with van der Waals surface area (Å²) in [5, 5.41) is 0. The highest BCUT2D eigenvalue weighted by Crippen LogP contribution is 2.58. The third kappa shape index (κ3) is 1.79. The molecule has 1 amide bonds. The molecule has 4 saturated carbocycles. The highest BCUT2D eigenvalue weighted by molar-refractivity contribution is 5.70. The van der Waals surface area contributed by atoms with Gasteiger partial charge in [0.2, 0.25) is 0 Å². The number of rotatable bonds is 3. The summed E-state index contributed by atoms with van der Waals surface area (Å²) in [5.74, 6) is 4.34. The van der Waals surface area contributed by atoms with Crippen molar-refractivity contribution in [2.24, 2.45) is 35.3 Å². The van der Waals surface area contributed by atoms with Gasteiger partial charge in [0.05, 0.1) is 6.04 Å². The van der Waals surface area contributed by atoms with Gasteiger partial charge in [-0.3, -0.25) is 0 Å². The van der Waals surface area contributed by atoms with Crippen molar-refractivity contribution >= 4 is 6.09 Å². The highest BCUT2D eigenvalue weighted by atomic mass is 16.6. The zero-order chi connectivity index (χ0) is 13.0. The molecule has 0 radical (unpaired) electrons. The summed E-state index contributed by atoms with van der Waals surface area (Å²) < 4.78 is 5.32. The summed E-state index contributed by atoms with van der Waals surface area (Å²) in [5.41, 5.74) is 5.66. The summed E-state index contributed by atoms with van der Waals surface area (Å²) in [6.07, 6.45) is 6.95. The second-order valence-corrected chi connectivity index (χ2v) is 7.13. The minimum absolute atomic E-state index is 0.135. The first kappa shape index (κ1) is 12.0. The van der Waals surface area contributed by atoms with Crippen molar-refractivity contribution in [2.45, 2.75) is 38.1 Å². The molecule has 0 aromatic carbocycles. The van der Waals surface area contributed by atoms with Crippen LogP contribution in [0.15, 0.2) is 0 Å². The lowest BCUT2D eigenvalue weighted by molar-refractivity contribution is -0.0626. The molecular weight excluding hydrogens is 240 g/mol. The molecule has 5 rings (SSSR count). The molecule has 4 bridgehead atoms. The van der Waals surface area contributed by atoms with Gasteiger partial charge in [0, 0.05) is 13.1 Å².